The number of nitrogens with zero attached hydrogens (tertiary/aromatic N) is 5. The minimum atomic E-state index is -0.176. The van der Waals surface area contributed by atoms with E-state index in [1.807, 2.05) is 18.2 Å². The van der Waals surface area contributed by atoms with Crippen molar-refractivity contribution in [2.75, 3.05) is 0 Å². The third-order valence-electron chi connectivity index (χ3n) is 14.7. The van der Waals surface area contributed by atoms with Crippen LogP contribution in [0.3, 0.4) is 0 Å². The lowest BCUT2D eigenvalue weighted by molar-refractivity contribution is 0.660. The van der Waals surface area contributed by atoms with E-state index in [0.717, 1.165) is 66.1 Å². The molecule has 0 unspecified atom stereocenters. The average molecular weight is 858 g/mol. The van der Waals surface area contributed by atoms with Crippen LogP contribution in [0.25, 0.3) is 106 Å². The zero-order valence-electron chi connectivity index (χ0n) is 37.6. The van der Waals surface area contributed by atoms with Gasteiger partial charge in [-0.15, -0.1) is 0 Å². The highest BCUT2D eigenvalue weighted by molar-refractivity contribution is 6.12. The van der Waals surface area contributed by atoms with Gasteiger partial charge in [-0.1, -0.05) is 155 Å². The summed E-state index contributed by atoms with van der Waals surface area (Å²) in [6, 6.07) is 69.4. The maximum absolute atomic E-state index is 9.94. The van der Waals surface area contributed by atoms with Crippen LogP contribution in [0.1, 0.15) is 55.5 Å². The SMILES string of the molecule is CC1(C)c2ccccc2-c2cc(-c3nc(-c4ccc5c(c4)C(C)(C)c4ccccc4-5)nc(-c4ccc(-c5ccc6c(c5)c5cc(C#N)ccc5n6-c5ccccc5)c5ccccc45)n3)ccc21. The molecule has 5 heteroatoms. The van der Waals surface area contributed by atoms with Crippen molar-refractivity contribution >= 4 is 32.6 Å². The van der Waals surface area contributed by atoms with E-state index in [4.69, 9.17) is 15.0 Å². The molecule has 0 N–H and O–H groups in total. The van der Waals surface area contributed by atoms with E-state index < -0.39 is 0 Å². The van der Waals surface area contributed by atoms with Crippen LogP contribution in [0.2, 0.25) is 0 Å². The van der Waals surface area contributed by atoms with Gasteiger partial charge < -0.3 is 4.57 Å². The third kappa shape index (κ3) is 5.76. The van der Waals surface area contributed by atoms with Crippen molar-refractivity contribution in [1.29, 1.82) is 5.26 Å². The van der Waals surface area contributed by atoms with Gasteiger partial charge in [0.25, 0.3) is 0 Å². The van der Waals surface area contributed by atoms with Crippen LogP contribution in [0.4, 0.5) is 0 Å². The smallest absolute Gasteiger partial charge is 0.164 e. The van der Waals surface area contributed by atoms with Crippen molar-refractivity contribution in [1.82, 2.24) is 19.5 Å². The molecule has 11 aromatic rings. The third-order valence-corrected chi connectivity index (χ3v) is 14.7. The van der Waals surface area contributed by atoms with Gasteiger partial charge in [-0.3, -0.25) is 0 Å². The Bertz CT molecular complexity index is 3940. The number of para-hydroxylation sites is 1. The fourth-order valence-electron chi connectivity index (χ4n) is 11.3. The molecular formula is C62H43N5. The highest BCUT2D eigenvalue weighted by atomic mass is 15.0. The second kappa shape index (κ2) is 14.3. The van der Waals surface area contributed by atoms with Crippen LogP contribution in [-0.4, -0.2) is 19.5 Å². The van der Waals surface area contributed by atoms with Gasteiger partial charge in [0.2, 0.25) is 0 Å². The minimum Gasteiger partial charge on any atom is -0.309 e. The molecule has 2 aliphatic carbocycles. The molecule has 2 aromatic heterocycles. The maximum atomic E-state index is 9.94. The van der Waals surface area contributed by atoms with Crippen LogP contribution in [-0.2, 0) is 10.8 Å². The van der Waals surface area contributed by atoms with Gasteiger partial charge in [-0.2, -0.15) is 5.26 Å². The number of hydrogen-bond donors (Lipinski definition) is 0. The van der Waals surface area contributed by atoms with Gasteiger partial charge in [0.05, 0.1) is 22.7 Å². The lowest BCUT2D eigenvalue weighted by atomic mass is 9.82. The normalized spacial score (nSPS) is 13.9. The zero-order chi connectivity index (χ0) is 45.2. The summed E-state index contributed by atoms with van der Waals surface area (Å²) in [6.07, 6.45) is 0. The highest BCUT2D eigenvalue weighted by Gasteiger charge is 2.37. The van der Waals surface area contributed by atoms with Crippen LogP contribution >= 0.6 is 0 Å². The molecule has 2 heterocycles. The zero-order valence-corrected chi connectivity index (χ0v) is 37.6. The largest absolute Gasteiger partial charge is 0.309 e. The molecule has 0 spiro atoms. The van der Waals surface area contributed by atoms with Crippen LogP contribution in [0.5, 0.6) is 0 Å². The van der Waals surface area contributed by atoms with E-state index in [-0.39, 0.29) is 10.8 Å². The number of fused-ring (bicyclic) bond motifs is 10. The molecule has 9 aromatic carbocycles. The predicted molar refractivity (Wildman–Crippen MR) is 273 cm³/mol. The first-order chi connectivity index (χ1) is 32.7. The summed E-state index contributed by atoms with van der Waals surface area (Å²) >= 11 is 0. The van der Waals surface area contributed by atoms with Crippen molar-refractivity contribution in [3.8, 4) is 79.3 Å². The summed E-state index contributed by atoms with van der Waals surface area (Å²) in [5.74, 6) is 1.90. The molecule has 0 saturated carbocycles. The Balaban J connectivity index is 0.998. The molecule has 67 heavy (non-hydrogen) atoms. The topological polar surface area (TPSA) is 67.4 Å². The molecule has 0 aliphatic heterocycles. The van der Waals surface area contributed by atoms with E-state index in [2.05, 4.69) is 208 Å². The first-order valence-corrected chi connectivity index (χ1v) is 23.0. The van der Waals surface area contributed by atoms with Gasteiger partial charge >= 0.3 is 0 Å². The van der Waals surface area contributed by atoms with Crippen LogP contribution < -0.4 is 0 Å². The van der Waals surface area contributed by atoms with Crippen molar-refractivity contribution in [3.05, 3.63) is 216 Å². The van der Waals surface area contributed by atoms with E-state index in [9.17, 15) is 5.26 Å². The fourth-order valence-corrected chi connectivity index (χ4v) is 11.3. The Kier molecular flexibility index (Phi) is 8.30. The molecule has 0 radical (unpaired) electrons. The van der Waals surface area contributed by atoms with Gasteiger partial charge in [-0.05, 0) is 127 Å². The summed E-state index contributed by atoms with van der Waals surface area (Å²) < 4.78 is 2.29. The van der Waals surface area contributed by atoms with Crippen molar-refractivity contribution in [3.63, 3.8) is 0 Å². The number of hydrogen-bond acceptors (Lipinski definition) is 4. The quantitative estimate of drug-likeness (QED) is 0.173. The molecule has 316 valence electrons. The predicted octanol–water partition coefficient (Wildman–Crippen LogP) is 15.3. The van der Waals surface area contributed by atoms with Crippen LogP contribution in [0.15, 0.2) is 188 Å². The summed E-state index contributed by atoms with van der Waals surface area (Å²) in [6.45, 7) is 9.24. The molecule has 2 aliphatic rings. The molecule has 5 nitrogen and oxygen atoms in total. The molecule has 0 atom stereocenters. The van der Waals surface area contributed by atoms with Crippen molar-refractivity contribution in [2.45, 2.75) is 38.5 Å². The average Bonchev–Trinajstić information content (AvgIpc) is 3.91. The van der Waals surface area contributed by atoms with Gasteiger partial charge in [0.1, 0.15) is 0 Å². The highest BCUT2D eigenvalue weighted by Crippen LogP contribution is 2.51. The number of aromatic nitrogens is 4. The molecule has 0 saturated heterocycles. The van der Waals surface area contributed by atoms with Gasteiger partial charge in [0, 0.05) is 44.0 Å². The fraction of sp³-hybridized carbons (Fsp3) is 0.0968. The molecule has 0 amide bonds. The van der Waals surface area contributed by atoms with E-state index in [1.165, 1.54) is 44.5 Å². The maximum Gasteiger partial charge on any atom is 0.164 e. The Morgan fingerprint density at radius 2 is 0.881 bits per heavy atom. The summed E-state index contributed by atoms with van der Waals surface area (Å²) in [5.41, 5.74) is 18.9. The second-order valence-electron chi connectivity index (χ2n) is 19.1. The first kappa shape index (κ1) is 39.0. The standard InChI is InChI=1S/C62H43N5/c1-61(2)53-21-13-11-19-46(53)49-34-39(24-29-54(49)61)58-64-59(40-23-26-47-45-18-10-12-20-52(45)62(3,4)55(47)35-40)66-60(65-58)48-28-27-42(43-16-8-9-17-44(43)48)38-25-31-57-51(33-38)50-32-37(36-63)22-30-56(50)67(57)41-14-6-5-7-15-41/h5-35H,1-4H3. The first-order valence-electron chi connectivity index (χ1n) is 23.0. The lowest BCUT2D eigenvalue weighted by Crippen LogP contribution is -2.15. The Morgan fingerprint density at radius 3 is 1.61 bits per heavy atom. The van der Waals surface area contributed by atoms with E-state index >= 15 is 0 Å². The van der Waals surface area contributed by atoms with E-state index in [1.54, 1.807) is 0 Å². The monoisotopic (exact) mass is 857 g/mol. The number of benzene rings is 9. The molecular weight excluding hydrogens is 815 g/mol. The summed E-state index contributed by atoms with van der Waals surface area (Å²) in [4.78, 5) is 16.1. The number of nitriles is 1. The van der Waals surface area contributed by atoms with Crippen molar-refractivity contribution < 1.29 is 0 Å². The van der Waals surface area contributed by atoms with Gasteiger partial charge in [0.15, 0.2) is 17.5 Å². The Hall–Kier alpha value is -8.46. The van der Waals surface area contributed by atoms with Crippen molar-refractivity contribution in [2.24, 2.45) is 0 Å². The molecule has 0 fully saturated rings. The van der Waals surface area contributed by atoms with Gasteiger partial charge in [-0.25, -0.2) is 15.0 Å². The molecule has 13 rings (SSSR count). The summed E-state index contributed by atoms with van der Waals surface area (Å²) in [7, 11) is 0. The minimum absolute atomic E-state index is 0.113. The lowest BCUT2D eigenvalue weighted by Gasteiger charge is -2.22. The van der Waals surface area contributed by atoms with Crippen LogP contribution in [0, 0.1) is 11.3 Å². The van der Waals surface area contributed by atoms with E-state index in [0.29, 0.717) is 23.0 Å². The Labute approximate surface area is 389 Å². The summed E-state index contributed by atoms with van der Waals surface area (Å²) in [5, 5.41) is 14.2. The Morgan fingerprint density at radius 1 is 0.373 bits per heavy atom. The number of rotatable bonds is 5. The molecule has 0 bridgehead atoms. The second-order valence-corrected chi connectivity index (χ2v) is 19.1.